The Hall–Kier alpha value is -1.81. The van der Waals surface area contributed by atoms with Crippen molar-refractivity contribution in [3.63, 3.8) is 0 Å². The topological polar surface area (TPSA) is 55.1 Å². The highest BCUT2D eigenvalue weighted by atomic mass is 79.9. The second-order valence-corrected chi connectivity index (χ2v) is 5.54. The average Bonchev–Trinajstić information content (AvgIpc) is 2.34. The maximum atomic E-state index is 12.2. The molecule has 0 saturated heterocycles. The first-order valence-electron chi connectivity index (χ1n) is 6.09. The number of hydrogen-bond donors (Lipinski definition) is 2. The minimum Gasteiger partial charge on any atom is -0.399 e. The molecule has 0 heterocycles. The largest absolute Gasteiger partial charge is 0.399 e. The highest BCUT2D eigenvalue weighted by Gasteiger charge is 2.31. The quantitative estimate of drug-likeness (QED) is 0.835. The molecule has 1 unspecified atom stereocenters. The minimum atomic E-state index is -0.0411. The summed E-state index contributed by atoms with van der Waals surface area (Å²) in [4.78, 5) is 12.2. The van der Waals surface area contributed by atoms with Crippen LogP contribution in [-0.2, 0) is 11.2 Å². The van der Waals surface area contributed by atoms with Crippen molar-refractivity contribution in [1.29, 1.82) is 0 Å². The van der Waals surface area contributed by atoms with Crippen molar-refractivity contribution in [1.82, 2.24) is 0 Å². The third-order valence-corrected chi connectivity index (χ3v) is 4.08. The third kappa shape index (κ3) is 2.24. The van der Waals surface area contributed by atoms with Crippen LogP contribution in [0.5, 0.6) is 0 Å². The second-order valence-electron chi connectivity index (χ2n) is 4.68. The molecule has 0 fully saturated rings. The van der Waals surface area contributed by atoms with Crippen molar-refractivity contribution in [2.45, 2.75) is 12.3 Å². The third-order valence-electron chi connectivity index (χ3n) is 3.42. The molecule has 3 N–H and O–H groups in total. The molecular formula is C15H13BrN2O. The number of amides is 1. The van der Waals surface area contributed by atoms with Crippen LogP contribution in [0.25, 0.3) is 0 Å². The fourth-order valence-electron chi connectivity index (χ4n) is 2.35. The van der Waals surface area contributed by atoms with Gasteiger partial charge >= 0.3 is 0 Å². The molecule has 4 heteroatoms. The summed E-state index contributed by atoms with van der Waals surface area (Å²) in [7, 11) is 0. The summed E-state index contributed by atoms with van der Waals surface area (Å²) in [5.74, 6) is -0.00942. The summed E-state index contributed by atoms with van der Waals surface area (Å²) in [6.45, 7) is 0. The van der Waals surface area contributed by atoms with Gasteiger partial charge in [-0.2, -0.15) is 0 Å². The first-order valence-corrected chi connectivity index (χ1v) is 6.88. The second kappa shape index (κ2) is 4.70. The van der Waals surface area contributed by atoms with Gasteiger partial charge in [0.2, 0.25) is 5.91 Å². The monoisotopic (exact) mass is 316 g/mol. The Morgan fingerprint density at radius 1 is 1.26 bits per heavy atom. The molecule has 2 aromatic rings. The molecular weight excluding hydrogens is 304 g/mol. The highest BCUT2D eigenvalue weighted by molar-refractivity contribution is 9.10. The van der Waals surface area contributed by atoms with E-state index in [0.717, 1.165) is 22.1 Å². The maximum absolute atomic E-state index is 12.2. The van der Waals surface area contributed by atoms with Gasteiger partial charge in [-0.3, -0.25) is 4.79 Å². The molecule has 1 aliphatic rings. The zero-order chi connectivity index (χ0) is 13.4. The number of halogens is 1. The van der Waals surface area contributed by atoms with Gasteiger partial charge in [-0.15, -0.1) is 0 Å². The van der Waals surface area contributed by atoms with Crippen LogP contribution in [0.4, 0.5) is 11.4 Å². The smallest absolute Gasteiger partial charge is 0.232 e. The molecule has 0 bridgehead atoms. The van der Waals surface area contributed by atoms with Crippen molar-refractivity contribution in [2.75, 3.05) is 11.1 Å². The molecule has 3 rings (SSSR count). The SMILES string of the molecule is Nc1ccc(NC(=O)C2Cc3ccccc32)c(Br)c1. The summed E-state index contributed by atoms with van der Waals surface area (Å²) >= 11 is 3.40. The van der Waals surface area contributed by atoms with E-state index < -0.39 is 0 Å². The van der Waals surface area contributed by atoms with E-state index >= 15 is 0 Å². The van der Waals surface area contributed by atoms with E-state index in [1.165, 1.54) is 5.56 Å². The van der Waals surface area contributed by atoms with E-state index in [1.54, 1.807) is 12.1 Å². The Bertz CT molecular complexity index is 654. The van der Waals surface area contributed by atoms with Crippen LogP contribution in [-0.4, -0.2) is 5.91 Å². The molecule has 1 amide bonds. The van der Waals surface area contributed by atoms with E-state index in [1.807, 2.05) is 24.3 Å². The van der Waals surface area contributed by atoms with Crippen molar-refractivity contribution in [3.8, 4) is 0 Å². The van der Waals surface area contributed by atoms with Gasteiger partial charge in [0, 0.05) is 10.2 Å². The van der Waals surface area contributed by atoms with Crippen molar-refractivity contribution < 1.29 is 4.79 Å². The number of fused-ring (bicyclic) bond motifs is 1. The molecule has 2 aromatic carbocycles. The van der Waals surface area contributed by atoms with Crippen LogP contribution in [0.3, 0.4) is 0 Å². The molecule has 0 aliphatic heterocycles. The van der Waals surface area contributed by atoms with Crippen molar-refractivity contribution in [3.05, 3.63) is 58.1 Å². The van der Waals surface area contributed by atoms with E-state index in [0.29, 0.717) is 5.69 Å². The fraction of sp³-hybridized carbons (Fsp3) is 0.133. The Kier molecular flexibility index (Phi) is 3.03. The molecule has 1 atom stereocenters. The lowest BCUT2D eigenvalue weighted by atomic mass is 9.77. The Labute approximate surface area is 119 Å². The van der Waals surface area contributed by atoms with Gasteiger partial charge in [-0.05, 0) is 51.7 Å². The van der Waals surface area contributed by atoms with E-state index in [4.69, 9.17) is 5.73 Å². The van der Waals surface area contributed by atoms with E-state index in [2.05, 4.69) is 27.3 Å². The number of nitrogens with one attached hydrogen (secondary N) is 1. The number of carbonyl (C=O) groups is 1. The van der Waals surface area contributed by atoms with Gasteiger partial charge in [0.05, 0.1) is 11.6 Å². The number of anilines is 2. The summed E-state index contributed by atoms with van der Waals surface area (Å²) in [6.07, 6.45) is 0.814. The molecule has 96 valence electrons. The first-order chi connectivity index (χ1) is 9.15. The molecule has 3 nitrogen and oxygen atoms in total. The van der Waals surface area contributed by atoms with Crippen molar-refractivity contribution >= 4 is 33.2 Å². The zero-order valence-corrected chi connectivity index (χ0v) is 11.8. The van der Waals surface area contributed by atoms with E-state index in [9.17, 15) is 4.79 Å². The number of nitrogen functional groups attached to an aromatic ring is 1. The van der Waals surface area contributed by atoms with Crippen LogP contribution in [0.1, 0.15) is 17.0 Å². The standard InChI is InChI=1S/C15H13BrN2O/c16-13-8-10(17)5-6-14(13)18-15(19)12-7-9-3-1-2-4-11(9)12/h1-6,8,12H,7,17H2,(H,18,19). The van der Waals surface area contributed by atoms with E-state index in [-0.39, 0.29) is 11.8 Å². The highest BCUT2D eigenvalue weighted by Crippen LogP contribution is 2.36. The summed E-state index contributed by atoms with van der Waals surface area (Å²) in [5, 5.41) is 2.94. The predicted molar refractivity (Wildman–Crippen MR) is 80.1 cm³/mol. The normalized spacial score (nSPS) is 16.4. The molecule has 0 saturated carbocycles. The van der Waals surface area contributed by atoms with Gasteiger partial charge < -0.3 is 11.1 Å². The summed E-state index contributed by atoms with van der Waals surface area (Å²) in [5.41, 5.74) is 9.49. The summed E-state index contributed by atoms with van der Waals surface area (Å²) in [6, 6.07) is 13.4. The number of carbonyl (C=O) groups excluding carboxylic acids is 1. The van der Waals surface area contributed by atoms with Crippen LogP contribution in [0.15, 0.2) is 46.9 Å². The lowest BCUT2D eigenvalue weighted by molar-refractivity contribution is -0.118. The predicted octanol–water partition coefficient (Wildman–Crippen LogP) is 3.31. The lowest BCUT2D eigenvalue weighted by Gasteiger charge is -2.29. The summed E-state index contributed by atoms with van der Waals surface area (Å²) < 4.78 is 0.799. The number of nitrogens with two attached hydrogens (primary N) is 1. The lowest BCUT2D eigenvalue weighted by Crippen LogP contribution is -2.30. The van der Waals surface area contributed by atoms with Gasteiger partial charge in [0.25, 0.3) is 0 Å². The van der Waals surface area contributed by atoms with Gasteiger partial charge in [-0.25, -0.2) is 0 Å². The Morgan fingerprint density at radius 3 is 2.79 bits per heavy atom. The van der Waals surface area contributed by atoms with Crippen LogP contribution in [0.2, 0.25) is 0 Å². The van der Waals surface area contributed by atoms with Gasteiger partial charge in [0.1, 0.15) is 0 Å². The number of hydrogen-bond acceptors (Lipinski definition) is 2. The van der Waals surface area contributed by atoms with Crippen LogP contribution < -0.4 is 11.1 Å². The molecule has 0 spiro atoms. The average molecular weight is 317 g/mol. The van der Waals surface area contributed by atoms with Gasteiger partial charge in [-0.1, -0.05) is 24.3 Å². The molecule has 1 aliphatic carbocycles. The minimum absolute atomic E-state index is 0.0316. The van der Waals surface area contributed by atoms with Gasteiger partial charge in [0.15, 0.2) is 0 Å². The number of rotatable bonds is 2. The molecule has 0 aromatic heterocycles. The Balaban J connectivity index is 1.77. The van der Waals surface area contributed by atoms with Crippen LogP contribution in [0, 0.1) is 0 Å². The fourth-order valence-corrected chi connectivity index (χ4v) is 2.84. The maximum Gasteiger partial charge on any atom is 0.232 e. The number of benzene rings is 2. The zero-order valence-electron chi connectivity index (χ0n) is 10.2. The molecule has 19 heavy (non-hydrogen) atoms. The van der Waals surface area contributed by atoms with Crippen molar-refractivity contribution in [2.24, 2.45) is 0 Å². The Morgan fingerprint density at radius 2 is 2.05 bits per heavy atom. The first kappa shape index (κ1) is 12.2. The van der Waals surface area contributed by atoms with Crippen LogP contribution >= 0.6 is 15.9 Å². The molecule has 0 radical (unpaired) electrons.